The summed E-state index contributed by atoms with van der Waals surface area (Å²) in [7, 11) is 0. The molecule has 0 saturated heterocycles. The molecule has 3 nitrogen and oxygen atoms in total. The molecule has 0 heterocycles. The van der Waals surface area contributed by atoms with Crippen molar-refractivity contribution in [3.05, 3.63) is 29.3 Å². The molecule has 3 heteroatoms. The summed E-state index contributed by atoms with van der Waals surface area (Å²) in [5, 5.41) is 11.1. The van der Waals surface area contributed by atoms with Crippen LogP contribution in [0.25, 0.3) is 0 Å². The monoisotopic (exact) mass is 304 g/mol. The lowest BCUT2D eigenvalue weighted by Crippen LogP contribution is -2.37. The summed E-state index contributed by atoms with van der Waals surface area (Å²) in [6, 6.07) is 6.46. The largest absolute Gasteiger partial charge is 0.287 e. The zero-order chi connectivity index (χ0) is 17.3. The molecular formula is C19H32N2O. The summed E-state index contributed by atoms with van der Waals surface area (Å²) in [6.07, 6.45) is 1.49. The second kappa shape index (κ2) is 6.04. The number of hydrogen-bond donors (Lipinski definition) is 1. The van der Waals surface area contributed by atoms with Crippen LogP contribution in [0, 0.1) is 0 Å². The molecule has 0 fully saturated rings. The first-order valence-corrected chi connectivity index (χ1v) is 7.90. The lowest BCUT2D eigenvalue weighted by Gasteiger charge is -2.27. The zero-order valence-corrected chi connectivity index (χ0v) is 15.7. The van der Waals surface area contributed by atoms with Crippen molar-refractivity contribution in [1.29, 1.82) is 0 Å². The highest BCUT2D eigenvalue weighted by atomic mass is 16.5. The van der Waals surface area contributed by atoms with E-state index in [4.69, 9.17) is 0 Å². The molecule has 0 aromatic heterocycles. The first-order valence-electron chi connectivity index (χ1n) is 7.90. The predicted octanol–water partition coefficient (Wildman–Crippen LogP) is 5.43. The van der Waals surface area contributed by atoms with Gasteiger partial charge in [-0.15, -0.1) is 0 Å². The Hall–Kier alpha value is -1.35. The Bertz CT molecular complexity index is 508. The minimum absolute atomic E-state index is 0.0639. The van der Waals surface area contributed by atoms with Gasteiger partial charge < -0.3 is 0 Å². The van der Waals surface area contributed by atoms with E-state index in [9.17, 15) is 5.21 Å². The van der Waals surface area contributed by atoms with Crippen molar-refractivity contribution in [1.82, 2.24) is 5.06 Å². The summed E-state index contributed by atoms with van der Waals surface area (Å²) in [5.41, 5.74) is 3.15. The van der Waals surface area contributed by atoms with Crippen molar-refractivity contribution >= 4 is 12.0 Å². The smallest absolute Gasteiger partial charge is 0.117 e. The van der Waals surface area contributed by atoms with Crippen molar-refractivity contribution in [2.75, 3.05) is 0 Å². The normalized spacial score (nSPS) is 13.7. The minimum Gasteiger partial charge on any atom is -0.287 e. The lowest BCUT2D eigenvalue weighted by atomic mass is 9.80. The summed E-state index contributed by atoms with van der Waals surface area (Å²) in [6.45, 7) is 19.0. The predicted molar refractivity (Wildman–Crippen MR) is 95.4 cm³/mol. The molecule has 1 rings (SSSR count). The Balaban J connectivity index is 3.28. The van der Waals surface area contributed by atoms with Crippen molar-refractivity contribution < 1.29 is 5.21 Å². The van der Waals surface area contributed by atoms with Gasteiger partial charge in [0.25, 0.3) is 0 Å². The van der Waals surface area contributed by atoms with Gasteiger partial charge in [0.1, 0.15) is 6.34 Å². The molecule has 0 atom stereocenters. The van der Waals surface area contributed by atoms with Gasteiger partial charge in [0.15, 0.2) is 0 Å². The van der Waals surface area contributed by atoms with Crippen LogP contribution in [0.1, 0.15) is 73.4 Å². The molecule has 0 radical (unpaired) electrons. The topological polar surface area (TPSA) is 35.8 Å². The van der Waals surface area contributed by atoms with E-state index in [2.05, 4.69) is 64.7 Å². The molecule has 0 aliphatic heterocycles. The minimum atomic E-state index is -0.363. The standard InChI is InChI=1S/C19H32N2O/c1-17(2,3)14-10-15(18(4,5)6)12-16(11-14)20-13-21(22)19(7,8)9/h10-13,22H,1-9H3. The van der Waals surface area contributed by atoms with E-state index in [1.807, 2.05) is 20.8 Å². The van der Waals surface area contributed by atoms with Crippen LogP contribution in [0.5, 0.6) is 0 Å². The highest BCUT2D eigenvalue weighted by Gasteiger charge is 2.21. The fourth-order valence-corrected chi connectivity index (χ4v) is 1.85. The van der Waals surface area contributed by atoms with Crippen molar-refractivity contribution in [2.24, 2.45) is 4.99 Å². The summed E-state index contributed by atoms with van der Waals surface area (Å²) < 4.78 is 0. The maximum atomic E-state index is 9.99. The molecular weight excluding hydrogens is 272 g/mol. The van der Waals surface area contributed by atoms with Gasteiger partial charge in [-0.3, -0.25) is 5.21 Å². The molecule has 1 aromatic carbocycles. The van der Waals surface area contributed by atoms with Crippen molar-refractivity contribution in [3.63, 3.8) is 0 Å². The van der Waals surface area contributed by atoms with Crippen LogP contribution in [0.3, 0.4) is 0 Å². The third kappa shape index (κ3) is 5.13. The van der Waals surface area contributed by atoms with Crippen LogP contribution in [-0.2, 0) is 10.8 Å². The number of hydroxylamine groups is 2. The van der Waals surface area contributed by atoms with E-state index >= 15 is 0 Å². The molecule has 0 spiro atoms. The molecule has 0 unspecified atom stereocenters. The number of nitrogens with zero attached hydrogens (tertiary/aromatic N) is 2. The van der Waals surface area contributed by atoms with E-state index in [0.29, 0.717) is 0 Å². The van der Waals surface area contributed by atoms with Gasteiger partial charge in [0, 0.05) is 0 Å². The van der Waals surface area contributed by atoms with Gasteiger partial charge in [0.2, 0.25) is 0 Å². The molecule has 22 heavy (non-hydrogen) atoms. The van der Waals surface area contributed by atoms with E-state index < -0.39 is 0 Å². The first-order chi connectivity index (χ1) is 9.71. The fourth-order valence-electron chi connectivity index (χ4n) is 1.85. The molecule has 0 saturated carbocycles. The van der Waals surface area contributed by atoms with Gasteiger partial charge in [-0.2, -0.15) is 0 Å². The lowest BCUT2D eigenvalue weighted by molar-refractivity contribution is -0.0790. The Morgan fingerprint density at radius 3 is 1.55 bits per heavy atom. The van der Waals surface area contributed by atoms with E-state index in [-0.39, 0.29) is 16.4 Å². The van der Waals surface area contributed by atoms with Crippen LogP contribution in [0.15, 0.2) is 23.2 Å². The number of rotatable bonds is 2. The van der Waals surface area contributed by atoms with Gasteiger partial charge in [0.05, 0.1) is 11.2 Å². The number of aliphatic imine (C=N–C) groups is 1. The van der Waals surface area contributed by atoms with E-state index in [0.717, 1.165) is 10.8 Å². The Labute approximate surface area is 136 Å². The van der Waals surface area contributed by atoms with Crippen LogP contribution in [-0.4, -0.2) is 22.1 Å². The Morgan fingerprint density at radius 1 is 0.818 bits per heavy atom. The second-order valence-corrected chi connectivity index (χ2v) is 9.03. The Kier molecular flexibility index (Phi) is 5.13. The first kappa shape index (κ1) is 18.7. The van der Waals surface area contributed by atoms with Crippen LogP contribution < -0.4 is 0 Å². The third-order valence-electron chi connectivity index (χ3n) is 3.65. The maximum Gasteiger partial charge on any atom is 0.117 e. The SMILES string of the molecule is CC(C)(C)c1cc(N=CN(O)C(C)(C)C)cc(C(C)(C)C)c1. The Morgan fingerprint density at radius 2 is 1.23 bits per heavy atom. The highest BCUT2D eigenvalue weighted by Crippen LogP contribution is 2.33. The summed E-state index contributed by atoms with van der Waals surface area (Å²) >= 11 is 0. The highest BCUT2D eigenvalue weighted by molar-refractivity contribution is 5.62. The molecule has 1 aromatic rings. The number of benzene rings is 1. The van der Waals surface area contributed by atoms with Crippen LogP contribution in [0.4, 0.5) is 5.69 Å². The fraction of sp³-hybridized carbons (Fsp3) is 0.632. The third-order valence-corrected chi connectivity index (χ3v) is 3.65. The van der Waals surface area contributed by atoms with Gasteiger partial charge in [-0.05, 0) is 54.9 Å². The van der Waals surface area contributed by atoms with Crippen LogP contribution >= 0.6 is 0 Å². The maximum absolute atomic E-state index is 9.99. The average molecular weight is 304 g/mol. The van der Waals surface area contributed by atoms with Crippen molar-refractivity contribution in [3.8, 4) is 0 Å². The average Bonchev–Trinajstić information content (AvgIpc) is 2.32. The molecule has 0 aliphatic rings. The van der Waals surface area contributed by atoms with E-state index in [1.54, 1.807) is 0 Å². The zero-order valence-electron chi connectivity index (χ0n) is 15.7. The quantitative estimate of drug-likeness (QED) is 0.449. The van der Waals surface area contributed by atoms with Gasteiger partial charge >= 0.3 is 0 Å². The van der Waals surface area contributed by atoms with Gasteiger partial charge in [-0.1, -0.05) is 47.6 Å². The molecule has 1 N–H and O–H groups in total. The molecule has 0 amide bonds. The molecule has 0 bridgehead atoms. The molecule has 124 valence electrons. The van der Waals surface area contributed by atoms with Crippen LogP contribution in [0.2, 0.25) is 0 Å². The van der Waals surface area contributed by atoms with Crippen molar-refractivity contribution in [2.45, 2.75) is 78.7 Å². The van der Waals surface area contributed by atoms with E-state index in [1.165, 1.54) is 17.5 Å². The van der Waals surface area contributed by atoms with Gasteiger partial charge in [-0.25, -0.2) is 10.1 Å². The summed E-state index contributed by atoms with van der Waals surface area (Å²) in [4.78, 5) is 4.47. The second-order valence-electron chi connectivity index (χ2n) is 9.03. The summed E-state index contributed by atoms with van der Waals surface area (Å²) in [5.74, 6) is 0. The molecule has 0 aliphatic carbocycles. The number of hydrogen-bond acceptors (Lipinski definition) is 2.